The van der Waals surface area contributed by atoms with Crippen molar-refractivity contribution in [2.24, 2.45) is 5.73 Å². The van der Waals surface area contributed by atoms with E-state index in [1.807, 2.05) is 18.4 Å². The van der Waals surface area contributed by atoms with Gasteiger partial charge in [-0.2, -0.15) is 0 Å². The van der Waals surface area contributed by atoms with Gasteiger partial charge in [-0.15, -0.1) is 23.7 Å². The molecule has 3 nitrogen and oxygen atoms in total. The molecule has 0 saturated carbocycles. The average molecular weight is 249 g/mol. The summed E-state index contributed by atoms with van der Waals surface area (Å²) >= 11 is 1.65. The monoisotopic (exact) mass is 248 g/mol. The number of rotatable bonds is 3. The summed E-state index contributed by atoms with van der Waals surface area (Å²) in [4.78, 5) is 12.6. The number of aryl methyl sites for hydroxylation is 1. The average Bonchev–Trinajstić information content (AvgIpc) is 2.45. The van der Waals surface area contributed by atoms with Gasteiger partial charge in [0.05, 0.1) is 12.1 Å². The van der Waals surface area contributed by atoms with Gasteiger partial charge in [-0.1, -0.05) is 0 Å². The normalized spacial score (nSPS) is 10.7. The maximum Gasteiger partial charge on any atom is 0.239 e. The van der Waals surface area contributed by atoms with Gasteiger partial charge in [0.25, 0.3) is 0 Å². The summed E-state index contributed by atoms with van der Waals surface area (Å²) < 4.78 is 0. The molecule has 0 fully saturated rings. The molecule has 0 bridgehead atoms. The number of nitrogens with two attached hydrogens (primary N) is 1. The van der Waals surface area contributed by atoms with Gasteiger partial charge in [0.1, 0.15) is 0 Å². The number of carbonyl (C=O) groups excluding carboxylic acids is 1. The molecule has 1 aromatic heterocycles. The molecule has 1 heterocycles. The molecule has 0 atom stereocenters. The summed E-state index contributed by atoms with van der Waals surface area (Å²) in [7, 11) is 0. The van der Waals surface area contributed by atoms with Gasteiger partial charge in [-0.25, -0.2) is 0 Å². The van der Waals surface area contributed by atoms with Crippen LogP contribution in [0.25, 0.3) is 0 Å². The number of halogens is 1. The summed E-state index contributed by atoms with van der Waals surface area (Å²) in [6.07, 6.45) is 0. The van der Waals surface area contributed by atoms with Crippen LogP contribution >= 0.6 is 23.7 Å². The van der Waals surface area contributed by atoms with Crippen molar-refractivity contribution in [3.8, 4) is 0 Å². The van der Waals surface area contributed by atoms with E-state index in [4.69, 9.17) is 5.73 Å². The Labute approximate surface area is 100 Å². The highest BCUT2D eigenvalue weighted by molar-refractivity contribution is 7.10. The Balaban J connectivity index is 0.00000196. The highest BCUT2D eigenvalue weighted by Gasteiger charge is 2.21. The van der Waals surface area contributed by atoms with Crippen molar-refractivity contribution in [2.45, 2.75) is 32.9 Å². The Kier molecular flexibility index (Phi) is 5.28. The molecular formula is C10H17ClN2OS. The predicted molar refractivity (Wildman–Crippen MR) is 66.4 cm³/mol. The van der Waals surface area contributed by atoms with Crippen LogP contribution in [0.5, 0.6) is 0 Å². The maximum atomic E-state index is 11.4. The van der Waals surface area contributed by atoms with Gasteiger partial charge in [0.15, 0.2) is 0 Å². The van der Waals surface area contributed by atoms with Crippen molar-refractivity contribution in [1.29, 1.82) is 0 Å². The quantitative estimate of drug-likeness (QED) is 0.858. The highest BCUT2D eigenvalue weighted by atomic mass is 35.5. The van der Waals surface area contributed by atoms with E-state index in [1.165, 1.54) is 10.4 Å². The first kappa shape index (κ1) is 14.4. The van der Waals surface area contributed by atoms with Gasteiger partial charge in [0.2, 0.25) is 5.91 Å². The van der Waals surface area contributed by atoms with E-state index in [9.17, 15) is 4.79 Å². The molecule has 0 saturated heterocycles. The Hall–Kier alpha value is -0.580. The Bertz CT molecular complexity index is 330. The van der Waals surface area contributed by atoms with Gasteiger partial charge in [-0.05, 0) is 37.8 Å². The smallest absolute Gasteiger partial charge is 0.239 e. The lowest BCUT2D eigenvalue weighted by molar-refractivity contribution is -0.125. The van der Waals surface area contributed by atoms with E-state index >= 15 is 0 Å². The molecule has 86 valence electrons. The second-order valence-electron chi connectivity index (χ2n) is 3.93. The minimum Gasteiger partial charge on any atom is -0.350 e. The van der Waals surface area contributed by atoms with Crippen LogP contribution in [0.15, 0.2) is 11.4 Å². The minimum atomic E-state index is -0.800. The third kappa shape index (κ3) is 4.20. The molecule has 0 unspecified atom stereocenters. The maximum absolute atomic E-state index is 11.4. The molecule has 3 N–H and O–H groups in total. The Morgan fingerprint density at radius 3 is 2.60 bits per heavy atom. The van der Waals surface area contributed by atoms with E-state index in [2.05, 4.69) is 5.32 Å². The summed E-state index contributed by atoms with van der Waals surface area (Å²) in [5, 5.41) is 4.83. The van der Waals surface area contributed by atoms with Crippen LogP contribution < -0.4 is 11.1 Å². The third-order valence-corrected chi connectivity index (χ3v) is 2.99. The number of carbonyl (C=O) groups is 1. The van der Waals surface area contributed by atoms with Crippen molar-refractivity contribution in [3.63, 3.8) is 0 Å². The largest absolute Gasteiger partial charge is 0.350 e. The zero-order valence-corrected chi connectivity index (χ0v) is 10.8. The molecule has 0 aliphatic rings. The van der Waals surface area contributed by atoms with E-state index in [-0.39, 0.29) is 18.3 Å². The lowest BCUT2D eigenvalue weighted by Crippen LogP contribution is -2.48. The summed E-state index contributed by atoms with van der Waals surface area (Å²) in [5.41, 5.74) is 6.06. The standard InChI is InChI=1S/C10H16N2OS.ClH/c1-7-4-5-14-8(7)6-12-9(13)10(2,3)11;/h4-5H,6,11H2,1-3H3,(H,12,13);1H. The van der Waals surface area contributed by atoms with Crippen molar-refractivity contribution in [3.05, 3.63) is 21.9 Å². The van der Waals surface area contributed by atoms with Crippen LogP contribution in [0.3, 0.4) is 0 Å². The number of amides is 1. The van der Waals surface area contributed by atoms with Crippen LogP contribution in [-0.4, -0.2) is 11.4 Å². The van der Waals surface area contributed by atoms with E-state index in [1.54, 1.807) is 25.2 Å². The molecule has 1 amide bonds. The predicted octanol–water partition coefficient (Wildman–Crippen LogP) is 1.83. The van der Waals surface area contributed by atoms with Gasteiger partial charge in [-0.3, -0.25) is 4.79 Å². The molecule has 0 radical (unpaired) electrons. The van der Waals surface area contributed by atoms with Gasteiger partial charge in [0, 0.05) is 4.88 Å². The molecule has 0 aromatic carbocycles. The van der Waals surface area contributed by atoms with Crippen molar-refractivity contribution in [2.75, 3.05) is 0 Å². The lowest BCUT2D eigenvalue weighted by atomic mass is 10.1. The van der Waals surface area contributed by atoms with Gasteiger partial charge >= 0.3 is 0 Å². The van der Waals surface area contributed by atoms with Crippen LogP contribution in [0.4, 0.5) is 0 Å². The first-order valence-electron chi connectivity index (χ1n) is 4.51. The first-order valence-corrected chi connectivity index (χ1v) is 5.39. The first-order chi connectivity index (χ1) is 6.41. The van der Waals surface area contributed by atoms with Gasteiger partial charge < -0.3 is 11.1 Å². The molecule has 5 heteroatoms. The molecule has 0 spiro atoms. The topological polar surface area (TPSA) is 55.1 Å². The minimum absolute atomic E-state index is 0. The van der Waals surface area contributed by atoms with Crippen LogP contribution in [0.2, 0.25) is 0 Å². The van der Waals surface area contributed by atoms with E-state index < -0.39 is 5.54 Å². The fourth-order valence-electron chi connectivity index (χ4n) is 0.974. The van der Waals surface area contributed by atoms with E-state index in [0.717, 1.165) is 0 Å². The SMILES string of the molecule is Cc1ccsc1CNC(=O)C(C)(C)N.Cl. The molecule has 0 aliphatic heterocycles. The van der Waals surface area contributed by atoms with Crippen LogP contribution in [0.1, 0.15) is 24.3 Å². The summed E-state index contributed by atoms with van der Waals surface area (Å²) in [6.45, 7) is 6.00. The zero-order valence-electron chi connectivity index (χ0n) is 9.16. The third-order valence-electron chi connectivity index (χ3n) is 1.96. The number of nitrogens with one attached hydrogen (secondary N) is 1. The lowest BCUT2D eigenvalue weighted by Gasteiger charge is -2.17. The Morgan fingerprint density at radius 1 is 1.60 bits per heavy atom. The second kappa shape index (κ2) is 5.49. The molecular weight excluding hydrogens is 232 g/mol. The number of thiophene rings is 1. The zero-order chi connectivity index (χ0) is 10.8. The van der Waals surface area contributed by atoms with Crippen LogP contribution in [0, 0.1) is 6.92 Å². The molecule has 0 aliphatic carbocycles. The molecule has 1 aromatic rings. The van der Waals surface area contributed by atoms with Crippen molar-refractivity contribution < 1.29 is 4.79 Å². The molecule has 1 rings (SSSR count). The second-order valence-corrected chi connectivity index (χ2v) is 4.93. The number of hydrogen-bond donors (Lipinski definition) is 2. The van der Waals surface area contributed by atoms with Crippen LogP contribution in [-0.2, 0) is 11.3 Å². The van der Waals surface area contributed by atoms with Crippen molar-refractivity contribution >= 4 is 29.7 Å². The number of hydrogen-bond acceptors (Lipinski definition) is 3. The summed E-state index contributed by atoms with van der Waals surface area (Å²) in [6, 6.07) is 2.04. The highest BCUT2D eigenvalue weighted by Crippen LogP contribution is 2.15. The Morgan fingerprint density at radius 2 is 2.20 bits per heavy atom. The fourth-order valence-corrected chi connectivity index (χ4v) is 1.82. The summed E-state index contributed by atoms with van der Waals surface area (Å²) in [5.74, 6) is -0.120. The van der Waals surface area contributed by atoms with Crippen molar-refractivity contribution in [1.82, 2.24) is 5.32 Å². The fraction of sp³-hybridized carbons (Fsp3) is 0.500. The molecule has 15 heavy (non-hydrogen) atoms. The van der Waals surface area contributed by atoms with E-state index in [0.29, 0.717) is 6.54 Å².